The number of aryl methyl sites for hydroxylation is 1. The first-order chi connectivity index (χ1) is 14.8. The highest BCUT2D eigenvalue weighted by Crippen LogP contribution is 2.39. The number of carbonyl (C=O) groups is 1. The van der Waals surface area contributed by atoms with Crippen LogP contribution in [0.2, 0.25) is 0 Å². The Morgan fingerprint density at radius 3 is 2.35 bits per heavy atom. The van der Waals surface area contributed by atoms with E-state index in [4.69, 9.17) is 4.18 Å². The Hall–Kier alpha value is -2.44. The molecule has 6 heteroatoms. The van der Waals surface area contributed by atoms with Crippen molar-refractivity contribution in [2.45, 2.75) is 46.0 Å². The first kappa shape index (κ1) is 21.8. The zero-order valence-corrected chi connectivity index (χ0v) is 19.0. The van der Waals surface area contributed by atoms with E-state index < -0.39 is 21.7 Å². The smallest absolute Gasteiger partial charge is 0.333 e. The molecule has 2 aliphatic rings. The lowest BCUT2D eigenvalue weighted by atomic mass is 9.89. The van der Waals surface area contributed by atoms with Crippen molar-refractivity contribution in [3.05, 3.63) is 65.7 Å². The highest BCUT2D eigenvalue weighted by molar-refractivity contribution is 7.84. The summed E-state index contributed by atoms with van der Waals surface area (Å²) in [5.41, 5.74) is 5.09. The van der Waals surface area contributed by atoms with Gasteiger partial charge in [0.25, 0.3) is 0 Å². The Morgan fingerprint density at radius 1 is 1.03 bits per heavy atom. The highest BCUT2D eigenvalue weighted by Gasteiger charge is 2.41. The number of hydrogen-bond acceptors (Lipinski definition) is 4. The second-order valence-corrected chi connectivity index (χ2v) is 10.4. The molecule has 0 aromatic heterocycles. The third kappa shape index (κ3) is 4.60. The van der Waals surface area contributed by atoms with Crippen LogP contribution in [-0.2, 0) is 19.3 Å². The Kier molecular flexibility index (Phi) is 6.04. The van der Waals surface area contributed by atoms with Gasteiger partial charge in [0.05, 0.1) is 5.41 Å². The predicted molar refractivity (Wildman–Crippen MR) is 122 cm³/mol. The molecular weight excluding hydrogens is 410 g/mol. The first-order valence-corrected chi connectivity index (χ1v) is 12.2. The predicted octanol–water partition coefficient (Wildman–Crippen LogP) is 5.12. The van der Waals surface area contributed by atoms with Gasteiger partial charge in [0.2, 0.25) is 0 Å². The maximum atomic E-state index is 12.6. The molecule has 1 heterocycles. The number of benzene rings is 2. The molecule has 0 spiro atoms. The van der Waals surface area contributed by atoms with Crippen molar-refractivity contribution in [1.82, 2.24) is 4.31 Å². The molecule has 31 heavy (non-hydrogen) atoms. The van der Waals surface area contributed by atoms with Crippen molar-refractivity contribution >= 4 is 21.8 Å². The van der Waals surface area contributed by atoms with Crippen LogP contribution in [0.15, 0.2) is 54.6 Å². The number of hydrogen-bond donors (Lipinski definition) is 0. The number of rotatable bonds is 5. The molecule has 0 radical (unpaired) electrons. The largest absolute Gasteiger partial charge is 0.387 e. The minimum atomic E-state index is -4.08. The standard InChI is InChI=1S/C25H29NO4S/c1-19-18-22(10-11-23(19)21-8-4-3-5-9-21)20-12-16-26(17-13-20)31(28,29)30-24(27)25(2)14-6-7-15-25/h3-5,8-12,18H,6-7,13-17H2,1-2H3. The average Bonchev–Trinajstić information content (AvgIpc) is 3.22. The molecule has 0 amide bonds. The van der Waals surface area contributed by atoms with Gasteiger partial charge in [0, 0.05) is 13.1 Å². The van der Waals surface area contributed by atoms with Crippen molar-refractivity contribution in [2.75, 3.05) is 13.1 Å². The molecule has 5 nitrogen and oxygen atoms in total. The Bertz CT molecular complexity index is 1100. The molecule has 0 saturated heterocycles. The summed E-state index contributed by atoms with van der Waals surface area (Å²) < 4.78 is 31.6. The van der Waals surface area contributed by atoms with Gasteiger partial charge < -0.3 is 4.18 Å². The Morgan fingerprint density at radius 2 is 1.74 bits per heavy atom. The minimum absolute atomic E-state index is 0.209. The molecule has 2 aromatic carbocycles. The second-order valence-electron chi connectivity index (χ2n) is 8.83. The lowest BCUT2D eigenvalue weighted by Gasteiger charge is -2.27. The van der Waals surface area contributed by atoms with E-state index in [0.717, 1.165) is 24.0 Å². The van der Waals surface area contributed by atoms with E-state index in [2.05, 4.69) is 37.3 Å². The van der Waals surface area contributed by atoms with Crippen molar-refractivity contribution < 1.29 is 17.4 Å². The average molecular weight is 440 g/mol. The van der Waals surface area contributed by atoms with Gasteiger partial charge in [-0.2, -0.15) is 12.7 Å². The van der Waals surface area contributed by atoms with E-state index in [9.17, 15) is 13.2 Å². The number of carbonyl (C=O) groups excluding carboxylic acids is 1. The maximum Gasteiger partial charge on any atom is 0.387 e. The lowest BCUT2D eigenvalue weighted by molar-refractivity contribution is -0.144. The summed E-state index contributed by atoms with van der Waals surface area (Å²) >= 11 is 0. The highest BCUT2D eigenvalue weighted by atomic mass is 32.2. The van der Waals surface area contributed by atoms with Crippen molar-refractivity contribution in [3.8, 4) is 11.1 Å². The van der Waals surface area contributed by atoms with Gasteiger partial charge in [-0.3, -0.25) is 4.79 Å². The van der Waals surface area contributed by atoms with Gasteiger partial charge in [0.15, 0.2) is 0 Å². The summed E-state index contributed by atoms with van der Waals surface area (Å²) in [6.45, 7) is 4.40. The lowest BCUT2D eigenvalue weighted by Crippen LogP contribution is -2.39. The zero-order valence-electron chi connectivity index (χ0n) is 18.1. The number of nitrogens with zero attached hydrogens (tertiary/aromatic N) is 1. The quantitative estimate of drug-likeness (QED) is 0.649. The van der Waals surface area contributed by atoms with Gasteiger partial charge in [-0.15, -0.1) is 0 Å². The molecule has 1 saturated carbocycles. The SMILES string of the molecule is Cc1cc(C2=CCN(S(=O)(=O)OC(=O)C3(C)CCCC3)CC2)ccc1-c1ccccc1. The topological polar surface area (TPSA) is 63.7 Å². The zero-order chi connectivity index (χ0) is 22.1. The summed E-state index contributed by atoms with van der Waals surface area (Å²) in [5.74, 6) is -0.619. The van der Waals surface area contributed by atoms with Gasteiger partial charge in [0.1, 0.15) is 0 Å². The van der Waals surface area contributed by atoms with Crippen LogP contribution in [0.4, 0.5) is 0 Å². The Balaban J connectivity index is 1.45. The van der Waals surface area contributed by atoms with E-state index in [1.165, 1.54) is 21.0 Å². The van der Waals surface area contributed by atoms with Crippen molar-refractivity contribution in [1.29, 1.82) is 0 Å². The van der Waals surface area contributed by atoms with Crippen LogP contribution in [-0.4, -0.2) is 31.8 Å². The second kappa shape index (κ2) is 8.60. The van der Waals surface area contributed by atoms with E-state index in [-0.39, 0.29) is 6.54 Å². The first-order valence-electron chi connectivity index (χ1n) is 10.9. The molecule has 0 unspecified atom stereocenters. The fourth-order valence-electron chi connectivity index (χ4n) is 4.53. The molecule has 0 bridgehead atoms. The van der Waals surface area contributed by atoms with Gasteiger partial charge in [-0.1, -0.05) is 67.4 Å². The van der Waals surface area contributed by atoms with E-state index in [1.807, 2.05) is 24.3 Å². The summed E-state index contributed by atoms with van der Waals surface area (Å²) in [5, 5.41) is 0. The molecule has 4 rings (SSSR count). The van der Waals surface area contributed by atoms with E-state index in [0.29, 0.717) is 25.8 Å². The molecule has 1 aliphatic carbocycles. The monoisotopic (exact) mass is 439 g/mol. The fraction of sp³-hybridized carbons (Fsp3) is 0.400. The molecule has 164 valence electrons. The van der Waals surface area contributed by atoms with Crippen LogP contribution in [0.3, 0.4) is 0 Å². The van der Waals surface area contributed by atoms with Crippen molar-refractivity contribution in [3.63, 3.8) is 0 Å². The maximum absolute atomic E-state index is 12.6. The summed E-state index contributed by atoms with van der Waals surface area (Å²) in [6, 6.07) is 16.6. The van der Waals surface area contributed by atoms with Crippen LogP contribution < -0.4 is 0 Å². The van der Waals surface area contributed by atoms with Crippen molar-refractivity contribution in [2.24, 2.45) is 5.41 Å². The molecular formula is C25H29NO4S. The van der Waals surface area contributed by atoms with Gasteiger partial charge in [-0.25, -0.2) is 0 Å². The molecule has 0 atom stereocenters. The van der Waals surface area contributed by atoms with E-state index >= 15 is 0 Å². The molecule has 1 fully saturated rings. The summed E-state index contributed by atoms with van der Waals surface area (Å²) in [6.07, 6.45) is 5.74. The van der Waals surface area contributed by atoms with Crippen LogP contribution in [0, 0.1) is 12.3 Å². The molecule has 1 aliphatic heterocycles. The fourth-order valence-corrected chi connectivity index (χ4v) is 5.60. The normalized spacial score (nSPS) is 19.1. The summed E-state index contributed by atoms with van der Waals surface area (Å²) in [4.78, 5) is 12.5. The van der Waals surface area contributed by atoms with Crippen LogP contribution >= 0.6 is 0 Å². The molecule has 2 aromatic rings. The van der Waals surface area contributed by atoms with Crippen LogP contribution in [0.25, 0.3) is 16.7 Å². The third-order valence-corrected chi connectivity index (χ3v) is 7.88. The molecule has 0 N–H and O–H groups in total. The third-order valence-electron chi connectivity index (χ3n) is 6.55. The summed E-state index contributed by atoms with van der Waals surface area (Å²) in [7, 11) is -4.08. The van der Waals surface area contributed by atoms with Crippen LogP contribution in [0.1, 0.15) is 50.2 Å². The van der Waals surface area contributed by atoms with Gasteiger partial charge >= 0.3 is 16.3 Å². The minimum Gasteiger partial charge on any atom is -0.333 e. The van der Waals surface area contributed by atoms with Crippen LogP contribution in [0.5, 0.6) is 0 Å². The van der Waals surface area contributed by atoms with Gasteiger partial charge in [-0.05, 0) is 60.9 Å². The Labute approximate surface area is 185 Å². The van der Waals surface area contributed by atoms with E-state index in [1.54, 1.807) is 6.92 Å².